The number of carbonyl (C=O) groups is 1. The number of amides is 1. The molecule has 0 saturated carbocycles. The van der Waals surface area contributed by atoms with E-state index in [0.717, 1.165) is 47.4 Å². The number of nitro groups is 1. The van der Waals surface area contributed by atoms with Crippen molar-refractivity contribution in [1.82, 2.24) is 10.2 Å². The molecule has 0 aliphatic carbocycles. The van der Waals surface area contributed by atoms with Crippen molar-refractivity contribution >= 4 is 27.3 Å². The second-order valence-electron chi connectivity index (χ2n) is 8.32. The van der Waals surface area contributed by atoms with Gasteiger partial charge >= 0.3 is 0 Å². The number of rotatable bonds is 10. The molecule has 1 saturated heterocycles. The van der Waals surface area contributed by atoms with Crippen LogP contribution in [0.5, 0.6) is 5.75 Å². The summed E-state index contributed by atoms with van der Waals surface area (Å²) < 4.78 is 30.9. The van der Waals surface area contributed by atoms with E-state index < -0.39 is 27.4 Å². The van der Waals surface area contributed by atoms with Crippen molar-refractivity contribution in [2.24, 2.45) is 0 Å². The third-order valence-corrected chi connectivity index (χ3v) is 6.79. The van der Waals surface area contributed by atoms with Crippen molar-refractivity contribution in [2.75, 3.05) is 37.3 Å². The standard InChI is InChI=1S/C23H30N4O6S/c1-33-22-10-9-20(27(29)30)14-21(22)26(34(2,31)32)17-23(28)24-15-18-7-6-8-19(13-18)16-25-11-4-3-5-12-25/h6-10,13-14H,3-5,11-12,15-17H2,1-2H3,(H,24,28). The molecular formula is C23H30N4O6S. The second-order valence-corrected chi connectivity index (χ2v) is 10.2. The summed E-state index contributed by atoms with van der Waals surface area (Å²) in [7, 11) is -2.61. The number of hydrogen-bond acceptors (Lipinski definition) is 7. The number of likely N-dealkylation sites (tertiary alicyclic amines) is 1. The molecule has 0 aromatic heterocycles. The van der Waals surface area contributed by atoms with Crippen molar-refractivity contribution in [1.29, 1.82) is 0 Å². The average Bonchev–Trinajstić information content (AvgIpc) is 2.81. The first-order valence-corrected chi connectivity index (χ1v) is 12.9. The van der Waals surface area contributed by atoms with Crippen LogP contribution in [0.2, 0.25) is 0 Å². The van der Waals surface area contributed by atoms with Gasteiger partial charge in [-0.3, -0.25) is 24.1 Å². The normalized spacial score (nSPS) is 14.4. The molecule has 0 bridgehead atoms. The highest BCUT2D eigenvalue weighted by Crippen LogP contribution is 2.33. The molecule has 0 spiro atoms. The van der Waals surface area contributed by atoms with Crippen LogP contribution < -0.4 is 14.4 Å². The summed E-state index contributed by atoms with van der Waals surface area (Å²) in [6.07, 6.45) is 4.63. The van der Waals surface area contributed by atoms with Gasteiger partial charge in [-0.2, -0.15) is 0 Å². The van der Waals surface area contributed by atoms with E-state index in [1.54, 1.807) is 0 Å². The van der Waals surface area contributed by atoms with E-state index in [4.69, 9.17) is 4.74 Å². The summed E-state index contributed by atoms with van der Waals surface area (Å²) in [6.45, 7) is 2.73. The van der Waals surface area contributed by atoms with Crippen LogP contribution in [0.1, 0.15) is 30.4 Å². The number of ether oxygens (including phenoxy) is 1. The Morgan fingerprint density at radius 3 is 2.50 bits per heavy atom. The lowest BCUT2D eigenvalue weighted by Gasteiger charge is -2.26. The molecule has 10 nitrogen and oxygen atoms in total. The Hall–Kier alpha value is -3.18. The summed E-state index contributed by atoms with van der Waals surface area (Å²) in [6, 6.07) is 11.5. The number of hydrogen-bond donors (Lipinski definition) is 1. The quantitative estimate of drug-likeness (QED) is 0.401. The van der Waals surface area contributed by atoms with Gasteiger partial charge in [0.2, 0.25) is 15.9 Å². The van der Waals surface area contributed by atoms with Crippen molar-refractivity contribution in [3.63, 3.8) is 0 Å². The Labute approximate surface area is 199 Å². The molecule has 1 fully saturated rings. The highest BCUT2D eigenvalue weighted by Gasteiger charge is 2.26. The molecule has 11 heteroatoms. The molecule has 34 heavy (non-hydrogen) atoms. The third-order valence-electron chi connectivity index (χ3n) is 5.67. The Morgan fingerprint density at radius 2 is 1.85 bits per heavy atom. The van der Waals surface area contributed by atoms with Crippen LogP contribution in [0, 0.1) is 10.1 Å². The van der Waals surface area contributed by atoms with E-state index in [9.17, 15) is 23.3 Å². The van der Waals surface area contributed by atoms with Gasteiger partial charge in [-0.15, -0.1) is 0 Å². The van der Waals surface area contributed by atoms with Gasteiger partial charge in [0.25, 0.3) is 5.69 Å². The monoisotopic (exact) mass is 490 g/mol. The minimum Gasteiger partial charge on any atom is -0.495 e. The molecule has 1 N–H and O–H groups in total. The summed E-state index contributed by atoms with van der Waals surface area (Å²) in [5.74, 6) is -0.436. The number of sulfonamides is 1. The van der Waals surface area contributed by atoms with Crippen molar-refractivity contribution in [3.8, 4) is 5.75 Å². The first-order chi connectivity index (χ1) is 16.2. The van der Waals surface area contributed by atoms with Gasteiger partial charge in [0, 0.05) is 25.2 Å². The van der Waals surface area contributed by atoms with Gasteiger partial charge in [0.05, 0.1) is 18.3 Å². The highest BCUT2D eigenvalue weighted by atomic mass is 32.2. The van der Waals surface area contributed by atoms with Crippen molar-refractivity contribution < 1.29 is 22.9 Å². The third kappa shape index (κ3) is 6.91. The number of anilines is 1. The van der Waals surface area contributed by atoms with Crippen molar-refractivity contribution in [2.45, 2.75) is 32.4 Å². The first kappa shape index (κ1) is 25.4. The van der Waals surface area contributed by atoms with E-state index in [1.165, 1.54) is 38.5 Å². The number of nitrogens with one attached hydrogen (secondary N) is 1. The van der Waals surface area contributed by atoms with Crippen LogP contribution in [0.3, 0.4) is 0 Å². The number of piperidine rings is 1. The maximum Gasteiger partial charge on any atom is 0.271 e. The molecular weight excluding hydrogens is 460 g/mol. The molecule has 1 aliphatic heterocycles. The zero-order valence-electron chi connectivity index (χ0n) is 19.4. The average molecular weight is 491 g/mol. The number of nitro benzene ring substituents is 1. The zero-order chi connectivity index (χ0) is 24.7. The van der Waals surface area contributed by atoms with Crippen molar-refractivity contribution in [3.05, 3.63) is 63.7 Å². The number of methoxy groups -OCH3 is 1. The molecule has 0 atom stereocenters. The Balaban J connectivity index is 1.69. The highest BCUT2D eigenvalue weighted by molar-refractivity contribution is 7.92. The molecule has 1 aliphatic rings. The Kier molecular flexibility index (Phi) is 8.46. The van der Waals surface area contributed by atoms with Crippen LogP contribution >= 0.6 is 0 Å². The summed E-state index contributed by atoms with van der Waals surface area (Å²) in [4.78, 5) is 25.6. The Morgan fingerprint density at radius 1 is 1.15 bits per heavy atom. The summed E-state index contributed by atoms with van der Waals surface area (Å²) >= 11 is 0. The minimum absolute atomic E-state index is 0.0714. The van der Waals surface area contributed by atoms with E-state index in [-0.39, 0.29) is 23.7 Å². The van der Waals surface area contributed by atoms with Crippen LogP contribution in [-0.4, -0.2) is 57.1 Å². The van der Waals surface area contributed by atoms with Crippen LogP contribution in [0.15, 0.2) is 42.5 Å². The predicted molar refractivity (Wildman–Crippen MR) is 129 cm³/mol. The lowest BCUT2D eigenvalue weighted by atomic mass is 10.1. The smallest absolute Gasteiger partial charge is 0.271 e. The lowest BCUT2D eigenvalue weighted by Crippen LogP contribution is -2.40. The molecule has 0 radical (unpaired) electrons. The molecule has 184 valence electrons. The molecule has 2 aromatic carbocycles. The maximum absolute atomic E-state index is 12.7. The Bertz CT molecular complexity index is 1130. The van der Waals surface area contributed by atoms with Gasteiger partial charge < -0.3 is 10.1 Å². The number of carbonyl (C=O) groups excluding carboxylic acids is 1. The van der Waals surface area contributed by atoms with Crippen LogP contribution in [-0.2, 0) is 27.9 Å². The zero-order valence-corrected chi connectivity index (χ0v) is 20.2. The van der Waals surface area contributed by atoms with Gasteiger partial charge in [-0.25, -0.2) is 8.42 Å². The van der Waals surface area contributed by atoms with E-state index in [0.29, 0.717) is 0 Å². The van der Waals surface area contributed by atoms with E-state index in [1.807, 2.05) is 18.2 Å². The molecule has 1 heterocycles. The summed E-state index contributed by atoms with van der Waals surface area (Å²) in [5.41, 5.74) is 1.68. The molecule has 1 amide bonds. The number of benzene rings is 2. The molecule has 0 unspecified atom stereocenters. The van der Waals surface area contributed by atoms with Gasteiger partial charge in [-0.1, -0.05) is 30.7 Å². The number of nitrogens with zero attached hydrogens (tertiary/aromatic N) is 3. The SMILES string of the molecule is COc1ccc([N+](=O)[O-])cc1N(CC(=O)NCc1cccc(CN2CCCCC2)c1)S(C)(=O)=O. The van der Waals surface area contributed by atoms with Gasteiger partial charge in [0.15, 0.2) is 0 Å². The lowest BCUT2D eigenvalue weighted by molar-refractivity contribution is -0.384. The fraction of sp³-hybridized carbons (Fsp3) is 0.435. The second kappa shape index (κ2) is 11.3. The number of non-ortho nitro benzene ring substituents is 1. The maximum atomic E-state index is 12.7. The fourth-order valence-corrected chi connectivity index (χ4v) is 4.82. The molecule has 2 aromatic rings. The van der Waals surface area contributed by atoms with Gasteiger partial charge in [-0.05, 0) is 43.1 Å². The largest absolute Gasteiger partial charge is 0.495 e. The van der Waals surface area contributed by atoms with Crippen LogP contribution in [0.4, 0.5) is 11.4 Å². The van der Waals surface area contributed by atoms with Gasteiger partial charge in [0.1, 0.15) is 18.0 Å². The topological polar surface area (TPSA) is 122 Å². The van der Waals surface area contributed by atoms with E-state index in [2.05, 4.69) is 16.3 Å². The summed E-state index contributed by atoms with van der Waals surface area (Å²) in [5, 5.41) is 13.9. The van der Waals surface area contributed by atoms with E-state index >= 15 is 0 Å². The van der Waals surface area contributed by atoms with Crippen LogP contribution in [0.25, 0.3) is 0 Å². The minimum atomic E-state index is -3.93. The fourth-order valence-electron chi connectivity index (χ4n) is 3.97. The first-order valence-electron chi connectivity index (χ1n) is 11.0. The predicted octanol–water partition coefficient (Wildman–Crippen LogP) is 2.67. The molecule has 3 rings (SSSR count).